The number of aliphatic hydroxyl groups excluding tert-OH is 1. The van der Waals surface area contributed by atoms with E-state index in [4.69, 9.17) is 5.11 Å². The number of carbonyl (C=O) groups excluding carboxylic acids is 1. The van der Waals surface area contributed by atoms with Crippen molar-refractivity contribution in [2.75, 3.05) is 13.2 Å². The lowest BCUT2D eigenvalue weighted by Crippen LogP contribution is -2.35. The van der Waals surface area contributed by atoms with Crippen LogP contribution in [0.15, 0.2) is 30.3 Å². The highest BCUT2D eigenvalue weighted by atomic mass is 16.3. The second kappa shape index (κ2) is 5.94. The smallest absolute Gasteiger partial charge is 0.134 e. The maximum absolute atomic E-state index is 11.3. The summed E-state index contributed by atoms with van der Waals surface area (Å²) in [7, 11) is 0. The Hall–Kier alpha value is -1.19. The van der Waals surface area contributed by atoms with Crippen LogP contribution in [0.2, 0.25) is 0 Å². The first kappa shape index (κ1) is 12.3. The molecule has 0 aromatic heterocycles. The van der Waals surface area contributed by atoms with Crippen LogP contribution in [0.1, 0.15) is 24.8 Å². The summed E-state index contributed by atoms with van der Waals surface area (Å²) in [5.41, 5.74) is 1.24. The lowest BCUT2D eigenvalue weighted by atomic mass is 10.1. The van der Waals surface area contributed by atoms with E-state index in [1.165, 1.54) is 5.56 Å². The van der Waals surface area contributed by atoms with Gasteiger partial charge in [0.05, 0.1) is 6.61 Å². The average molecular weight is 233 g/mol. The van der Waals surface area contributed by atoms with E-state index < -0.39 is 0 Å². The van der Waals surface area contributed by atoms with E-state index in [1.54, 1.807) is 0 Å². The van der Waals surface area contributed by atoms with E-state index in [-0.39, 0.29) is 6.61 Å². The Morgan fingerprint density at radius 1 is 1.29 bits per heavy atom. The Bertz CT molecular complexity index is 364. The molecule has 1 aromatic carbocycles. The minimum Gasteiger partial charge on any atom is -0.395 e. The van der Waals surface area contributed by atoms with Crippen LogP contribution in [0.5, 0.6) is 0 Å². The Morgan fingerprint density at radius 2 is 2.06 bits per heavy atom. The first-order valence-corrected chi connectivity index (χ1v) is 6.20. The average Bonchev–Trinajstić information content (AvgIpc) is 2.77. The van der Waals surface area contributed by atoms with Crippen LogP contribution in [-0.4, -0.2) is 35.0 Å². The topological polar surface area (TPSA) is 40.5 Å². The van der Waals surface area contributed by atoms with Crippen molar-refractivity contribution in [3.8, 4) is 0 Å². The molecule has 0 radical (unpaired) electrons. The number of hydrogen-bond donors (Lipinski definition) is 1. The Balaban J connectivity index is 2.00. The van der Waals surface area contributed by atoms with Gasteiger partial charge in [0.1, 0.15) is 5.78 Å². The van der Waals surface area contributed by atoms with Crippen molar-refractivity contribution in [3.63, 3.8) is 0 Å². The molecule has 1 saturated carbocycles. The molecule has 1 aliphatic carbocycles. The van der Waals surface area contributed by atoms with Crippen LogP contribution >= 0.6 is 0 Å². The summed E-state index contributed by atoms with van der Waals surface area (Å²) in [6.45, 7) is 1.61. The van der Waals surface area contributed by atoms with E-state index >= 15 is 0 Å². The van der Waals surface area contributed by atoms with Crippen molar-refractivity contribution in [2.45, 2.75) is 31.8 Å². The van der Waals surface area contributed by atoms with Gasteiger partial charge in [0, 0.05) is 32.0 Å². The zero-order valence-electron chi connectivity index (χ0n) is 10.0. The SMILES string of the molecule is O=C1CCC(N(CCO)Cc2ccccc2)C1. The van der Waals surface area contributed by atoms with Crippen LogP contribution in [0.25, 0.3) is 0 Å². The summed E-state index contributed by atoms with van der Waals surface area (Å²) in [6, 6.07) is 10.5. The largest absolute Gasteiger partial charge is 0.395 e. The molecule has 1 N–H and O–H groups in total. The van der Waals surface area contributed by atoms with Crippen molar-refractivity contribution in [1.82, 2.24) is 4.90 Å². The molecular formula is C14H19NO2. The Labute approximate surface area is 102 Å². The van der Waals surface area contributed by atoms with Crippen LogP contribution in [0.4, 0.5) is 0 Å². The molecule has 1 atom stereocenters. The Morgan fingerprint density at radius 3 is 2.65 bits per heavy atom. The van der Waals surface area contributed by atoms with Crippen molar-refractivity contribution >= 4 is 5.78 Å². The van der Waals surface area contributed by atoms with E-state index in [2.05, 4.69) is 17.0 Å². The van der Waals surface area contributed by atoms with E-state index in [0.717, 1.165) is 13.0 Å². The number of rotatable bonds is 5. The monoisotopic (exact) mass is 233 g/mol. The maximum Gasteiger partial charge on any atom is 0.134 e. The van der Waals surface area contributed by atoms with Crippen LogP contribution in [-0.2, 0) is 11.3 Å². The lowest BCUT2D eigenvalue weighted by molar-refractivity contribution is -0.117. The number of hydrogen-bond acceptors (Lipinski definition) is 3. The van der Waals surface area contributed by atoms with Crippen LogP contribution in [0.3, 0.4) is 0 Å². The number of carbonyl (C=O) groups is 1. The molecule has 0 spiro atoms. The molecular weight excluding hydrogens is 214 g/mol. The molecule has 17 heavy (non-hydrogen) atoms. The normalized spacial score (nSPS) is 20.1. The molecule has 0 heterocycles. The fourth-order valence-corrected chi connectivity index (χ4v) is 2.44. The highest BCUT2D eigenvalue weighted by Crippen LogP contribution is 2.22. The highest BCUT2D eigenvalue weighted by Gasteiger charge is 2.27. The van der Waals surface area contributed by atoms with Gasteiger partial charge in [-0.25, -0.2) is 0 Å². The van der Waals surface area contributed by atoms with Gasteiger partial charge in [-0.15, -0.1) is 0 Å². The van der Waals surface area contributed by atoms with E-state index in [1.807, 2.05) is 18.2 Å². The van der Waals surface area contributed by atoms with Crippen molar-refractivity contribution < 1.29 is 9.90 Å². The first-order valence-electron chi connectivity index (χ1n) is 6.20. The van der Waals surface area contributed by atoms with Gasteiger partial charge in [-0.2, -0.15) is 0 Å². The third-order valence-corrected chi connectivity index (χ3v) is 3.35. The van der Waals surface area contributed by atoms with Gasteiger partial charge in [0.25, 0.3) is 0 Å². The summed E-state index contributed by atoms with van der Waals surface area (Å²) in [4.78, 5) is 13.5. The minimum atomic E-state index is 0.150. The number of aliphatic hydroxyl groups is 1. The van der Waals surface area contributed by atoms with E-state index in [9.17, 15) is 4.79 Å². The van der Waals surface area contributed by atoms with Crippen molar-refractivity contribution in [2.24, 2.45) is 0 Å². The second-order valence-corrected chi connectivity index (χ2v) is 4.61. The van der Waals surface area contributed by atoms with Gasteiger partial charge in [-0.1, -0.05) is 30.3 Å². The molecule has 0 aliphatic heterocycles. The zero-order valence-corrected chi connectivity index (χ0v) is 10.0. The third-order valence-electron chi connectivity index (χ3n) is 3.35. The van der Waals surface area contributed by atoms with Gasteiger partial charge in [0.15, 0.2) is 0 Å². The predicted molar refractivity (Wildman–Crippen MR) is 66.6 cm³/mol. The highest BCUT2D eigenvalue weighted by molar-refractivity contribution is 5.81. The summed E-state index contributed by atoms with van der Waals surface area (Å²) in [5, 5.41) is 9.11. The molecule has 1 unspecified atom stereocenters. The van der Waals surface area contributed by atoms with Gasteiger partial charge < -0.3 is 5.11 Å². The molecule has 2 rings (SSSR count). The molecule has 1 aliphatic rings. The first-order chi connectivity index (χ1) is 8.29. The molecule has 0 bridgehead atoms. The standard InChI is InChI=1S/C14H19NO2/c16-9-8-15(13-6-7-14(17)10-13)11-12-4-2-1-3-5-12/h1-5,13,16H,6-11H2. The fraction of sp³-hybridized carbons (Fsp3) is 0.500. The number of benzene rings is 1. The quantitative estimate of drug-likeness (QED) is 0.840. The summed E-state index contributed by atoms with van der Waals surface area (Å²) in [6.07, 6.45) is 2.28. The van der Waals surface area contributed by atoms with Crippen LogP contribution < -0.4 is 0 Å². The molecule has 0 amide bonds. The number of nitrogens with zero attached hydrogens (tertiary/aromatic N) is 1. The number of Topliss-reactive ketones (excluding diaryl/α,β-unsaturated/α-hetero) is 1. The number of ketones is 1. The van der Waals surface area contributed by atoms with Gasteiger partial charge >= 0.3 is 0 Å². The molecule has 3 nitrogen and oxygen atoms in total. The zero-order chi connectivity index (χ0) is 12.1. The van der Waals surface area contributed by atoms with Crippen molar-refractivity contribution in [1.29, 1.82) is 0 Å². The molecule has 1 aromatic rings. The van der Waals surface area contributed by atoms with Crippen molar-refractivity contribution in [3.05, 3.63) is 35.9 Å². The summed E-state index contributed by atoms with van der Waals surface area (Å²) >= 11 is 0. The molecule has 3 heteroatoms. The predicted octanol–water partition coefficient (Wildman–Crippen LogP) is 1.60. The molecule has 1 fully saturated rings. The summed E-state index contributed by atoms with van der Waals surface area (Å²) < 4.78 is 0. The lowest BCUT2D eigenvalue weighted by Gasteiger charge is -2.27. The third kappa shape index (κ3) is 3.38. The minimum absolute atomic E-state index is 0.150. The van der Waals surface area contributed by atoms with Crippen LogP contribution in [0, 0.1) is 0 Å². The maximum atomic E-state index is 11.3. The second-order valence-electron chi connectivity index (χ2n) is 4.61. The fourth-order valence-electron chi connectivity index (χ4n) is 2.44. The van der Waals surface area contributed by atoms with Gasteiger partial charge in [0.2, 0.25) is 0 Å². The van der Waals surface area contributed by atoms with Gasteiger partial charge in [-0.05, 0) is 12.0 Å². The summed E-state index contributed by atoms with van der Waals surface area (Å²) in [5.74, 6) is 0.353. The molecule has 92 valence electrons. The molecule has 0 saturated heterocycles. The Kier molecular flexibility index (Phi) is 4.29. The van der Waals surface area contributed by atoms with E-state index in [0.29, 0.717) is 31.2 Å². The van der Waals surface area contributed by atoms with Gasteiger partial charge in [-0.3, -0.25) is 9.69 Å².